The minimum absolute atomic E-state index is 0.0674. The molecule has 3 aromatic carbocycles. The second-order valence-corrected chi connectivity index (χ2v) is 21.7. The van der Waals surface area contributed by atoms with Crippen molar-refractivity contribution in [2.24, 2.45) is 22.2 Å². The Hall–Kier alpha value is -4.83. The van der Waals surface area contributed by atoms with Crippen molar-refractivity contribution in [3.63, 3.8) is 0 Å². The van der Waals surface area contributed by atoms with E-state index in [0.717, 1.165) is 44.2 Å². The lowest BCUT2D eigenvalue weighted by Crippen LogP contribution is -2.41. The lowest BCUT2D eigenvalue weighted by Gasteiger charge is -2.38. The number of nitrogens with one attached hydrogen (secondary N) is 2. The third-order valence-corrected chi connectivity index (χ3v) is 15.1. The number of halogens is 5. The summed E-state index contributed by atoms with van der Waals surface area (Å²) in [6.07, 6.45) is 0.749. The number of aryl methyl sites for hydroxylation is 2. The number of nitrogens with zero attached hydrogens (tertiary/aromatic N) is 5. The van der Waals surface area contributed by atoms with Crippen LogP contribution in [0.4, 0.5) is 8.78 Å². The lowest BCUT2D eigenvalue weighted by atomic mass is 9.62. The van der Waals surface area contributed by atoms with Gasteiger partial charge in [0.2, 0.25) is 11.8 Å². The maximum atomic E-state index is 16.0. The van der Waals surface area contributed by atoms with E-state index in [4.69, 9.17) is 58.7 Å². The number of aliphatic imine (C=N–C) groups is 1. The number of carbonyl (C=O) groups excluding carboxylic acids is 2. The first-order chi connectivity index (χ1) is 34.4. The highest BCUT2D eigenvalue weighted by Gasteiger charge is 2.61. The number of ether oxygens (including phenoxy) is 4. The number of amides is 2. The van der Waals surface area contributed by atoms with Gasteiger partial charge in [-0.1, -0.05) is 85.9 Å². The van der Waals surface area contributed by atoms with Crippen LogP contribution in [-0.4, -0.2) is 98.2 Å². The molecule has 1 fully saturated rings. The van der Waals surface area contributed by atoms with Gasteiger partial charge in [-0.3, -0.25) is 19.1 Å². The maximum absolute atomic E-state index is 16.0. The van der Waals surface area contributed by atoms with Crippen LogP contribution >= 0.6 is 46.1 Å². The normalized spacial score (nSPS) is 19.6. The molecule has 5 aromatic rings. The lowest BCUT2D eigenvalue weighted by molar-refractivity contribution is -0.125. The van der Waals surface area contributed by atoms with Gasteiger partial charge >= 0.3 is 0 Å². The van der Waals surface area contributed by atoms with Crippen LogP contribution in [0.5, 0.6) is 0 Å². The van der Waals surface area contributed by atoms with Crippen molar-refractivity contribution in [2.75, 3.05) is 65.9 Å². The average Bonchev–Trinajstić information content (AvgIpc) is 3.94. The summed E-state index contributed by atoms with van der Waals surface area (Å²) >= 11 is 20.3. The van der Waals surface area contributed by atoms with E-state index in [0.29, 0.717) is 63.5 Å². The molecule has 13 nitrogen and oxygen atoms in total. The van der Waals surface area contributed by atoms with Crippen LogP contribution in [0, 0.1) is 61.0 Å². The molecular formula is C53H60Cl3F2N7O6S. The molecule has 1 saturated carbocycles. The zero-order valence-corrected chi connectivity index (χ0v) is 44.3. The number of thiophene rings is 1. The molecule has 384 valence electrons. The molecule has 2 aliphatic rings. The van der Waals surface area contributed by atoms with Gasteiger partial charge in [0.1, 0.15) is 28.5 Å². The highest BCUT2D eigenvalue weighted by Crippen LogP contribution is 2.61. The molecule has 0 saturated heterocycles. The number of rotatable bonds is 22. The average molecular weight is 1070 g/mol. The molecule has 1 aliphatic carbocycles. The molecule has 2 aromatic heterocycles. The molecule has 0 radical (unpaired) electrons. The van der Waals surface area contributed by atoms with Crippen LogP contribution in [-0.2, 0) is 34.0 Å². The Balaban J connectivity index is 0.802. The molecule has 3 heterocycles. The van der Waals surface area contributed by atoms with Gasteiger partial charge in [-0.05, 0) is 86.4 Å². The monoisotopic (exact) mass is 1070 g/mol. The topological polar surface area (TPSA) is 162 Å². The van der Waals surface area contributed by atoms with Crippen LogP contribution in [0.2, 0.25) is 15.1 Å². The van der Waals surface area contributed by atoms with Crippen LogP contribution in [0.1, 0.15) is 96.3 Å². The number of benzene rings is 3. The SMILES string of the molecule is Cc1sc2c(c1C)C(c1ccc(Cl)cc1)=N[C@@H](CC(=O)NCCOCCOCCOCCOCCNC(=O)C1C[C@@H](CC(C)(C)C)[C@](C#N)(c3ccc(Cl)cc3F)C1c1cccc(Cl)c1F)c1nnc(C)n1-2. The van der Waals surface area contributed by atoms with E-state index < -0.39 is 46.8 Å². The van der Waals surface area contributed by atoms with Crippen molar-refractivity contribution in [2.45, 2.75) is 78.2 Å². The molecule has 5 atom stereocenters. The van der Waals surface area contributed by atoms with Gasteiger partial charge in [-0.15, -0.1) is 21.5 Å². The number of hydrogen-bond acceptors (Lipinski definition) is 11. The maximum Gasteiger partial charge on any atom is 0.223 e. The van der Waals surface area contributed by atoms with E-state index in [-0.39, 0.29) is 65.1 Å². The fraction of sp³-hybridized carbons (Fsp3) is 0.472. The molecule has 72 heavy (non-hydrogen) atoms. The molecule has 2 amide bonds. The Bertz CT molecular complexity index is 2790. The third-order valence-electron chi connectivity index (χ3n) is 13.1. The first-order valence-electron chi connectivity index (χ1n) is 24.0. The van der Waals surface area contributed by atoms with E-state index in [2.05, 4.69) is 40.7 Å². The molecule has 2 N–H and O–H groups in total. The predicted molar refractivity (Wildman–Crippen MR) is 276 cm³/mol. The third kappa shape index (κ3) is 12.6. The standard InChI is InChI=1S/C53H60Cl3F2N7O6S/c1-31-32(2)72-51-45(31)48(34-10-12-36(54)13-11-34)62-43(49-64-63-33(3)65(49)51)28-44(66)60-16-18-68-20-22-70-24-25-71-23-21-69-19-17-61-50(67)39-26-35(29-52(4,5)6)53(30-59,40-15-14-37(55)27-42(40)57)46(39)38-8-7-9-41(56)47(38)58/h7-15,27,35,39,43,46H,16-26,28-29H2,1-6H3,(H,60,66)(H,61,67)/t35-,39?,43-,46?,53+/m0/s1. The van der Waals surface area contributed by atoms with Gasteiger partial charge in [0.05, 0.1) is 81.5 Å². The number of aromatic nitrogens is 3. The summed E-state index contributed by atoms with van der Waals surface area (Å²) in [6, 6.07) is 18.0. The number of hydrogen-bond donors (Lipinski definition) is 2. The van der Waals surface area contributed by atoms with E-state index in [1.807, 2.05) is 56.5 Å². The molecule has 2 unspecified atom stereocenters. The zero-order valence-electron chi connectivity index (χ0n) is 41.3. The number of fused-ring (bicyclic) bond motifs is 3. The van der Waals surface area contributed by atoms with Gasteiger partial charge in [0, 0.05) is 56.5 Å². The van der Waals surface area contributed by atoms with Crippen molar-refractivity contribution >= 4 is 63.7 Å². The van der Waals surface area contributed by atoms with Crippen molar-refractivity contribution < 1.29 is 37.3 Å². The summed E-state index contributed by atoms with van der Waals surface area (Å²) < 4.78 is 56.5. The Labute approximate surface area is 438 Å². The van der Waals surface area contributed by atoms with Crippen LogP contribution < -0.4 is 10.6 Å². The first-order valence-corrected chi connectivity index (χ1v) is 25.9. The summed E-state index contributed by atoms with van der Waals surface area (Å²) in [5, 5.41) is 27.4. The molecular weight excluding hydrogens is 1010 g/mol. The van der Waals surface area contributed by atoms with Crippen LogP contribution in [0.3, 0.4) is 0 Å². The van der Waals surface area contributed by atoms with Crippen LogP contribution in [0.25, 0.3) is 5.00 Å². The quantitative estimate of drug-likeness (QED) is 0.0643. The summed E-state index contributed by atoms with van der Waals surface area (Å²) in [5.41, 5.74) is 2.02. The molecule has 0 spiro atoms. The molecule has 0 bridgehead atoms. The van der Waals surface area contributed by atoms with Gasteiger partial charge in [0.25, 0.3) is 0 Å². The summed E-state index contributed by atoms with van der Waals surface area (Å²) in [7, 11) is 0. The number of nitriles is 1. The van der Waals surface area contributed by atoms with Gasteiger partial charge < -0.3 is 29.6 Å². The second-order valence-electron chi connectivity index (χ2n) is 19.2. The van der Waals surface area contributed by atoms with Gasteiger partial charge in [-0.25, -0.2) is 8.78 Å². The largest absolute Gasteiger partial charge is 0.377 e. The van der Waals surface area contributed by atoms with Crippen molar-refractivity contribution in [1.82, 2.24) is 25.4 Å². The Morgan fingerprint density at radius 1 is 0.861 bits per heavy atom. The Morgan fingerprint density at radius 3 is 2.11 bits per heavy atom. The molecule has 1 aliphatic heterocycles. The first kappa shape index (κ1) is 54.9. The van der Waals surface area contributed by atoms with Crippen LogP contribution in [0.15, 0.2) is 65.7 Å². The van der Waals surface area contributed by atoms with Gasteiger partial charge in [-0.2, -0.15) is 5.26 Å². The fourth-order valence-electron chi connectivity index (χ4n) is 9.88. The Kier molecular flexibility index (Phi) is 18.7. The summed E-state index contributed by atoms with van der Waals surface area (Å²) in [4.78, 5) is 33.6. The van der Waals surface area contributed by atoms with Gasteiger partial charge in [0.15, 0.2) is 5.82 Å². The van der Waals surface area contributed by atoms with E-state index in [1.54, 1.807) is 17.4 Å². The highest BCUT2D eigenvalue weighted by atomic mass is 35.5. The minimum atomic E-state index is -1.61. The predicted octanol–water partition coefficient (Wildman–Crippen LogP) is 10.4. The highest BCUT2D eigenvalue weighted by molar-refractivity contribution is 7.15. The Morgan fingerprint density at radius 2 is 1.49 bits per heavy atom. The molecule has 19 heteroatoms. The second kappa shape index (κ2) is 24.5. The van der Waals surface area contributed by atoms with E-state index >= 15 is 8.78 Å². The van der Waals surface area contributed by atoms with Crippen molar-refractivity contribution in [1.29, 1.82) is 5.26 Å². The fourth-order valence-corrected chi connectivity index (χ4v) is 11.6. The zero-order chi connectivity index (χ0) is 51.7. The number of carbonyl (C=O) groups is 2. The summed E-state index contributed by atoms with van der Waals surface area (Å²) in [6.45, 7) is 14.9. The summed E-state index contributed by atoms with van der Waals surface area (Å²) in [5.74, 6) is -3.17. The van der Waals surface area contributed by atoms with E-state index in [9.17, 15) is 14.9 Å². The smallest absolute Gasteiger partial charge is 0.223 e. The molecule has 7 rings (SSSR count). The minimum Gasteiger partial charge on any atom is -0.377 e. The van der Waals surface area contributed by atoms with E-state index in [1.165, 1.54) is 24.3 Å². The van der Waals surface area contributed by atoms with Crippen molar-refractivity contribution in [3.8, 4) is 11.1 Å². The van der Waals surface area contributed by atoms with Crippen molar-refractivity contribution in [3.05, 3.63) is 132 Å².